The molecule has 1 aliphatic rings. The second-order valence-electron chi connectivity index (χ2n) is 6.56. The number of morpholine rings is 1. The lowest BCUT2D eigenvalue weighted by atomic mass is 10.2. The zero-order chi connectivity index (χ0) is 21.3. The van der Waals surface area contributed by atoms with Gasteiger partial charge in [-0.2, -0.15) is 0 Å². The van der Waals surface area contributed by atoms with Gasteiger partial charge in [0.2, 0.25) is 0 Å². The first-order chi connectivity index (χ1) is 14.4. The van der Waals surface area contributed by atoms with E-state index in [2.05, 4.69) is 15.5 Å². The maximum absolute atomic E-state index is 12.7. The van der Waals surface area contributed by atoms with E-state index in [1.807, 2.05) is 12.1 Å². The molecule has 1 aliphatic heterocycles. The van der Waals surface area contributed by atoms with Crippen molar-refractivity contribution in [1.82, 2.24) is 5.32 Å². The van der Waals surface area contributed by atoms with E-state index < -0.39 is 0 Å². The van der Waals surface area contributed by atoms with Crippen LogP contribution in [0.3, 0.4) is 0 Å². The lowest BCUT2D eigenvalue weighted by Crippen LogP contribution is -2.36. The molecule has 1 aromatic heterocycles. The second-order valence-corrected chi connectivity index (χ2v) is 9.24. The van der Waals surface area contributed by atoms with Gasteiger partial charge in [0.05, 0.1) is 28.9 Å². The molecule has 5 nitrogen and oxygen atoms in total. The Morgan fingerprint density at radius 1 is 1.10 bits per heavy atom. The van der Waals surface area contributed by atoms with Gasteiger partial charge in [-0.05, 0) is 42.5 Å². The Morgan fingerprint density at radius 3 is 2.60 bits per heavy atom. The number of nitrogens with zero attached hydrogens (tertiary/aromatic N) is 1. The fourth-order valence-electron chi connectivity index (χ4n) is 3.15. The minimum atomic E-state index is -0.383. The number of halogens is 3. The van der Waals surface area contributed by atoms with Crippen molar-refractivity contribution in [3.63, 3.8) is 0 Å². The third kappa shape index (κ3) is 4.66. The highest BCUT2D eigenvalue weighted by Gasteiger charge is 2.19. The summed E-state index contributed by atoms with van der Waals surface area (Å²) in [6.07, 6.45) is 0. The quantitative estimate of drug-likeness (QED) is 0.444. The number of ether oxygens (including phenoxy) is 1. The van der Waals surface area contributed by atoms with E-state index in [4.69, 9.17) is 51.8 Å². The van der Waals surface area contributed by atoms with Gasteiger partial charge in [0.25, 0.3) is 5.91 Å². The van der Waals surface area contributed by atoms with E-state index in [1.165, 1.54) is 11.3 Å². The Labute approximate surface area is 197 Å². The normalized spacial score (nSPS) is 14.0. The van der Waals surface area contributed by atoms with Crippen LogP contribution in [0.25, 0.3) is 10.1 Å². The molecule has 4 rings (SSSR count). The highest BCUT2D eigenvalue weighted by atomic mass is 35.5. The van der Waals surface area contributed by atoms with Gasteiger partial charge in [0, 0.05) is 33.9 Å². The average molecular weight is 501 g/mol. The molecule has 0 bridgehead atoms. The Balaban J connectivity index is 1.44. The lowest BCUT2D eigenvalue weighted by Gasteiger charge is -2.29. The molecule has 0 radical (unpaired) electrons. The predicted octanol–water partition coefficient (Wildman–Crippen LogP) is 5.82. The number of thiophene rings is 1. The Kier molecular flexibility index (Phi) is 6.67. The van der Waals surface area contributed by atoms with Crippen molar-refractivity contribution in [3.8, 4) is 0 Å². The van der Waals surface area contributed by atoms with Gasteiger partial charge in [-0.25, -0.2) is 0 Å². The van der Waals surface area contributed by atoms with E-state index in [-0.39, 0.29) is 11.0 Å². The highest BCUT2D eigenvalue weighted by Crippen LogP contribution is 2.36. The molecule has 3 aromatic rings. The molecular weight excluding hydrogens is 485 g/mol. The van der Waals surface area contributed by atoms with Crippen LogP contribution in [-0.2, 0) is 4.74 Å². The summed E-state index contributed by atoms with van der Waals surface area (Å²) in [6, 6.07) is 10.9. The largest absolute Gasteiger partial charge is 0.378 e. The van der Waals surface area contributed by atoms with E-state index in [1.54, 1.807) is 24.3 Å². The predicted molar refractivity (Wildman–Crippen MR) is 130 cm³/mol. The van der Waals surface area contributed by atoms with Gasteiger partial charge in [-0.15, -0.1) is 11.3 Å². The number of hydrogen-bond acceptors (Lipinski definition) is 5. The number of amides is 1. The summed E-state index contributed by atoms with van der Waals surface area (Å²) in [5.41, 5.74) is 1.62. The number of benzene rings is 2. The molecule has 30 heavy (non-hydrogen) atoms. The van der Waals surface area contributed by atoms with Crippen LogP contribution in [0.2, 0.25) is 15.1 Å². The topological polar surface area (TPSA) is 53.6 Å². The summed E-state index contributed by atoms with van der Waals surface area (Å²) in [6.45, 7) is 2.95. The highest BCUT2D eigenvalue weighted by molar-refractivity contribution is 7.80. The first-order valence-electron chi connectivity index (χ1n) is 9.04. The van der Waals surface area contributed by atoms with E-state index in [9.17, 15) is 4.79 Å². The van der Waals surface area contributed by atoms with Crippen LogP contribution in [-0.4, -0.2) is 37.3 Å². The zero-order valence-electron chi connectivity index (χ0n) is 15.5. The van der Waals surface area contributed by atoms with Crippen molar-refractivity contribution in [2.24, 2.45) is 0 Å². The van der Waals surface area contributed by atoms with Crippen LogP contribution < -0.4 is 15.5 Å². The van der Waals surface area contributed by atoms with Crippen LogP contribution >= 0.6 is 58.4 Å². The minimum Gasteiger partial charge on any atom is -0.378 e. The summed E-state index contributed by atoms with van der Waals surface area (Å²) in [5, 5.41) is 8.15. The second kappa shape index (κ2) is 9.26. The molecule has 2 N–H and O–H groups in total. The van der Waals surface area contributed by atoms with Crippen LogP contribution in [0, 0.1) is 0 Å². The molecule has 156 valence electrons. The van der Waals surface area contributed by atoms with Crippen LogP contribution in [0.5, 0.6) is 0 Å². The molecule has 1 saturated heterocycles. The standard InChI is InChI=1S/C20H16Cl3N3O2S2/c21-11-1-3-13-16(9-11)30-18(17(13)23)19(27)25-20(29)24-12-2-4-15(14(22)10-12)26-5-7-28-8-6-26/h1-4,9-10H,5-8H2,(H2,24,25,27,29). The maximum atomic E-state index is 12.7. The Hall–Kier alpha value is -1.61. The molecule has 2 heterocycles. The number of hydrogen-bond donors (Lipinski definition) is 2. The van der Waals surface area contributed by atoms with Crippen molar-refractivity contribution in [2.75, 3.05) is 36.5 Å². The summed E-state index contributed by atoms with van der Waals surface area (Å²) in [4.78, 5) is 15.2. The SMILES string of the molecule is O=C(NC(=S)Nc1ccc(N2CCOCC2)c(Cl)c1)c1sc2cc(Cl)ccc2c1Cl. The molecule has 1 amide bonds. The monoisotopic (exact) mass is 499 g/mol. The van der Waals surface area contributed by atoms with Gasteiger partial charge in [-0.3, -0.25) is 10.1 Å². The van der Waals surface area contributed by atoms with Gasteiger partial charge >= 0.3 is 0 Å². The molecule has 2 aromatic carbocycles. The van der Waals surface area contributed by atoms with Crippen molar-refractivity contribution in [3.05, 3.63) is 56.3 Å². The molecule has 0 atom stereocenters. The Morgan fingerprint density at radius 2 is 1.87 bits per heavy atom. The summed E-state index contributed by atoms with van der Waals surface area (Å²) >= 11 is 25.4. The van der Waals surface area contributed by atoms with Crippen molar-refractivity contribution < 1.29 is 9.53 Å². The van der Waals surface area contributed by atoms with Gasteiger partial charge in [-0.1, -0.05) is 40.9 Å². The minimum absolute atomic E-state index is 0.154. The molecular formula is C20H16Cl3N3O2S2. The number of nitrogens with one attached hydrogen (secondary N) is 2. The third-order valence-corrected chi connectivity index (χ3v) is 6.98. The van der Waals surface area contributed by atoms with Crippen LogP contribution in [0.4, 0.5) is 11.4 Å². The first-order valence-corrected chi connectivity index (χ1v) is 11.4. The summed E-state index contributed by atoms with van der Waals surface area (Å²) in [7, 11) is 0. The first kappa shape index (κ1) is 21.6. The molecule has 1 fully saturated rings. The van der Waals surface area contributed by atoms with Crippen LogP contribution in [0.1, 0.15) is 9.67 Å². The van der Waals surface area contributed by atoms with Crippen molar-refractivity contribution in [2.45, 2.75) is 0 Å². The number of rotatable bonds is 3. The van der Waals surface area contributed by atoms with Crippen LogP contribution in [0.15, 0.2) is 36.4 Å². The average Bonchev–Trinajstić information content (AvgIpc) is 3.04. The summed E-state index contributed by atoms with van der Waals surface area (Å²) in [5.74, 6) is -0.383. The Bertz CT molecular complexity index is 1130. The number of thiocarbonyl (C=S) groups is 1. The third-order valence-electron chi connectivity index (χ3n) is 4.58. The van der Waals surface area contributed by atoms with E-state index in [0.29, 0.717) is 38.8 Å². The van der Waals surface area contributed by atoms with E-state index >= 15 is 0 Å². The number of anilines is 2. The van der Waals surface area contributed by atoms with Crippen molar-refractivity contribution in [1.29, 1.82) is 0 Å². The van der Waals surface area contributed by atoms with Gasteiger partial charge < -0.3 is 15.0 Å². The molecule has 0 aliphatic carbocycles. The molecule has 0 spiro atoms. The van der Waals surface area contributed by atoms with Gasteiger partial charge in [0.15, 0.2) is 5.11 Å². The molecule has 0 unspecified atom stereocenters. The maximum Gasteiger partial charge on any atom is 0.269 e. The lowest BCUT2D eigenvalue weighted by molar-refractivity contribution is 0.0982. The molecule has 10 heteroatoms. The zero-order valence-corrected chi connectivity index (χ0v) is 19.4. The number of carbonyl (C=O) groups excluding carboxylic acids is 1. The molecule has 0 saturated carbocycles. The number of carbonyl (C=O) groups is 1. The van der Waals surface area contributed by atoms with Crippen molar-refractivity contribution >= 4 is 90.8 Å². The van der Waals surface area contributed by atoms with E-state index in [0.717, 1.165) is 28.9 Å². The smallest absolute Gasteiger partial charge is 0.269 e. The summed E-state index contributed by atoms with van der Waals surface area (Å²) < 4.78 is 6.21. The fourth-order valence-corrected chi connectivity index (χ4v) is 5.35. The number of fused-ring (bicyclic) bond motifs is 1. The van der Waals surface area contributed by atoms with Gasteiger partial charge in [0.1, 0.15) is 4.88 Å². The fraction of sp³-hybridized carbons (Fsp3) is 0.200.